The zero-order valence-corrected chi connectivity index (χ0v) is 7.53. The van der Waals surface area contributed by atoms with Crippen molar-refractivity contribution >= 4 is 0 Å². The van der Waals surface area contributed by atoms with Gasteiger partial charge in [0.05, 0.1) is 6.10 Å². The monoisotopic (exact) mass is 176 g/mol. The Balaban J connectivity index is 1.92. The van der Waals surface area contributed by atoms with Crippen molar-refractivity contribution in [3.8, 4) is 0 Å². The average Bonchev–Trinajstić information content (AvgIpc) is 2.53. The molecule has 13 heavy (non-hydrogen) atoms. The fourth-order valence-corrected chi connectivity index (χ4v) is 1.78. The Morgan fingerprint density at radius 1 is 1.54 bits per heavy atom. The molecule has 0 amide bonds. The molecule has 0 saturated carbocycles. The topological polar surface area (TPSA) is 32.3 Å². The first-order valence-electron chi connectivity index (χ1n) is 4.71. The summed E-state index contributed by atoms with van der Waals surface area (Å²) in [7, 11) is 0. The van der Waals surface area contributed by atoms with Crippen LogP contribution in [0.3, 0.4) is 0 Å². The lowest BCUT2D eigenvalue weighted by Crippen LogP contribution is -2.23. The molecular formula is C11H14NO. The number of aliphatic hydroxyl groups excluding tert-OH is 1. The van der Waals surface area contributed by atoms with E-state index in [-0.39, 0.29) is 6.10 Å². The molecule has 0 aliphatic carbocycles. The molecule has 0 aromatic heterocycles. The van der Waals surface area contributed by atoms with Crippen molar-refractivity contribution in [3.63, 3.8) is 0 Å². The number of β-amino-alcohol motifs (C(OH)–C–C–N with tert-alkyl or cyclic N) is 1. The molecule has 0 spiro atoms. The van der Waals surface area contributed by atoms with Gasteiger partial charge in [-0.2, -0.15) is 0 Å². The zero-order valence-electron chi connectivity index (χ0n) is 7.53. The van der Waals surface area contributed by atoms with E-state index in [1.54, 1.807) is 0 Å². The smallest absolute Gasteiger partial charge is 0.0679 e. The molecule has 1 saturated heterocycles. The summed E-state index contributed by atoms with van der Waals surface area (Å²) in [4.78, 5) is 0. The minimum atomic E-state index is -0.159. The van der Waals surface area contributed by atoms with E-state index in [9.17, 15) is 5.11 Å². The van der Waals surface area contributed by atoms with Gasteiger partial charge in [0.25, 0.3) is 0 Å². The second-order valence-corrected chi connectivity index (χ2v) is 3.59. The Labute approximate surface area is 78.6 Å². The number of hydrogen-bond donors (Lipinski definition) is 2. The van der Waals surface area contributed by atoms with Gasteiger partial charge in [-0.25, -0.2) is 0 Å². The molecule has 1 radical (unpaired) electrons. The lowest BCUT2D eigenvalue weighted by atomic mass is 10.0. The SMILES string of the molecule is OC1CNC(Cc2[c]cccc2)C1. The molecule has 1 heterocycles. The van der Waals surface area contributed by atoms with Gasteiger partial charge in [-0.05, 0) is 24.5 Å². The third-order valence-electron chi connectivity index (χ3n) is 2.44. The van der Waals surface area contributed by atoms with E-state index in [2.05, 4.69) is 17.4 Å². The summed E-state index contributed by atoms with van der Waals surface area (Å²) in [6.45, 7) is 0.734. The average molecular weight is 176 g/mol. The summed E-state index contributed by atoms with van der Waals surface area (Å²) in [6.07, 6.45) is 1.68. The van der Waals surface area contributed by atoms with Crippen LogP contribution in [0.25, 0.3) is 0 Å². The predicted octanol–water partition coefficient (Wildman–Crippen LogP) is 0.752. The molecule has 2 rings (SSSR count). The quantitative estimate of drug-likeness (QED) is 0.697. The van der Waals surface area contributed by atoms with E-state index >= 15 is 0 Å². The highest BCUT2D eigenvalue weighted by Crippen LogP contribution is 2.11. The molecule has 1 fully saturated rings. The van der Waals surface area contributed by atoms with Crippen LogP contribution in [0.2, 0.25) is 0 Å². The highest BCUT2D eigenvalue weighted by molar-refractivity contribution is 5.14. The van der Waals surface area contributed by atoms with Gasteiger partial charge in [-0.3, -0.25) is 0 Å². The highest BCUT2D eigenvalue weighted by Gasteiger charge is 2.21. The highest BCUT2D eigenvalue weighted by atomic mass is 16.3. The van der Waals surface area contributed by atoms with E-state index in [0.717, 1.165) is 19.4 Å². The Hall–Kier alpha value is -0.860. The van der Waals surface area contributed by atoms with Crippen LogP contribution in [0.5, 0.6) is 0 Å². The maximum Gasteiger partial charge on any atom is 0.0679 e. The summed E-state index contributed by atoms with van der Waals surface area (Å²) in [6, 6.07) is 11.6. The Morgan fingerprint density at radius 3 is 3.08 bits per heavy atom. The van der Waals surface area contributed by atoms with Crippen molar-refractivity contribution in [3.05, 3.63) is 35.9 Å². The lowest BCUT2D eigenvalue weighted by Gasteiger charge is -2.08. The molecule has 2 heteroatoms. The van der Waals surface area contributed by atoms with Crippen LogP contribution in [-0.2, 0) is 6.42 Å². The van der Waals surface area contributed by atoms with Crippen molar-refractivity contribution in [2.45, 2.75) is 25.0 Å². The molecule has 2 N–H and O–H groups in total. The van der Waals surface area contributed by atoms with Crippen molar-refractivity contribution in [1.29, 1.82) is 0 Å². The summed E-state index contributed by atoms with van der Waals surface area (Å²) in [5.74, 6) is 0. The minimum Gasteiger partial charge on any atom is -0.392 e. The van der Waals surface area contributed by atoms with Crippen LogP contribution >= 0.6 is 0 Å². The van der Waals surface area contributed by atoms with Crippen molar-refractivity contribution < 1.29 is 5.11 Å². The number of nitrogens with one attached hydrogen (secondary N) is 1. The molecule has 1 aromatic rings. The Morgan fingerprint density at radius 2 is 2.46 bits per heavy atom. The zero-order chi connectivity index (χ0) is 9.10. The molecule has 69 valence electrons. The van der Waals surface area contributed by atoms with Crippen LogP contribution in [0, 0.1) is 6.07 Å². The molecule has 2 nitrogen and oxygen atoms in total. The van der Waals surface area contributed by atoms with Crippen LogP contribution in [-0.4, -0.2) is 23.8 Å². The number of hydrogen-bond acceptors (Lipinski definition) is 2. The minimum absolute atomic E-state index is 0.159. The van der Waals surface area contributed by atoms with E-state index in [1.807, 2.05) is 18.2 Å². The Bertz CT molecular complexity index is 260. The van der Waals surface area contributed by atoms with Gasteiger partial charge < -0.3 is 10.4 Å². The van der Waals surface area contributed by atoms with E-state index < -0.39 is 0 Å². The fourth-order valence-electron chi connectivity index (χ4n) is 1.78. The number of benzene rings is 1. The molecule has 1 aromatic carbocycles. The van der Waals surface area contributed by atoms with Crippen LogP contribution < -0.4 is 5.32 Å². The van der Waals surface area contributed by atoms with E-state index in [1.165, 1.54) is 5.56 Å². The molecule has 1 aliphatic rings. The Kier molecular flexibility index (Phi) is 2.62. The normalized spacial score (nSPS) is 27.8. The third kappa shape index (κ3) is 2.29. The summed E-state index contributed by atoms with van der Waals surface area (Å²) in [5.41, 5.74) is 1.22. The maximum atomic E-state index is 9.30. The lowest BCUT2D eigenvalue weighted by molar-refractivity contribution is 0.193. The van der Waals surface area contributed by atoms with Gasteiger partial charge in [0.1, 0.15) is 0 Å². The van der Waals surface area contributed by atoms with Crippen molar-refractivity contribution in [1.82, 2.24) is 5.32 Å². The first kappa shape index (κ1) is 8.73. The summed E-state index contributed by atoms with van der Waals surface area (Å²) < 4.78 is 0. The molecular weight excluding hydrogens is 162 g/mol. The maximum absolute atomic E-state index is 9.30. The number of rotatable bonds is 2. The van der Waals surface area contributed by atoms with E-state index in [0.29, 0.717) is 6.04 Å². The van der Waals surface area contributed by atoms with Crippen molar-refractivity contribution in [2.75, 3.05) is 6.54 Å². The first-order chi connectivity index (χ1) is 6.34. The second-order valence-electron chi connectivity index (χ2n) is 3.59. The molecule has 2 unspecified atom stereocenters. The standard InChI is InChI=1S/C11H14NO/c13-11-7-10(12-8-11)6-9-4-2-1-3-5-9/h1-4,10-13H,6-8H2. The first-order valence-corrected chi connectivity index (χ1v) is 4.71. The molecule has 2 atom stereocenters. The third-order valence-corrected chi connectivity index (χ3v) is 2.44. The van der Waals surface area contributed by atoms with Crippen molar-refractivity contribution in [2.24, 2.45) is 0 Å². The van der Waals surface area contributed by atoms with Crippen LogP contribution in [0.4, 0.5) is 0 Å². The van der Waals surface area contributed by atoms with Gasteiger partial charge in [0, 0.05) is 12.6 Å². The van der Waals surface area contributed by atoms with Crippen LogP contribution in [0.15, 0.2) is 24.3 Å². The van der Waals surface area contributed by atoms with Gasteiger partial charge in [0.15, 0.2) is 0 Å². The van der Waals surface area contributed by atoms with Gasteiger partial charge >= 0.3 is 0 Å². The summed E-state index contributed by atoms with van der Waals surface area (Å²) >= 11 is 0. The fraction of sp³-hybridized carbons (Fsp3) is 0.455. The molecule has 1 aliphatic heterocycles. The van der Waals surface area contributed by atoms with Crippen LogP contribution in [0.1, 0.15) is 12.0 Å². The number of aliphatic hydroxyl groups is 1. The van der Waals surface area contributed by atoms with E-state index in [4.69, 9.17) is 0 Å². The predicted molar refractivity (Wildman–Crippen MR) is 51.4 cm³/mol. The largest absolute Gasteiger partial charge is 0.392 e. The molecule has 0 bridgehead atoms. The second kappa shape index (κ2) is 3.90. The van der Waals surface area contributed by atoms with Gasteiger partial charge in [0.2, 0.25) is 0 Å². The van der Waals surface area contributed by atoms with Gasteiger partial charge in [-0.1, -0.05) is 24.3 Å². The summed E-state index contributed by atoms with van der Waals surface area (Å²) in [5, 5.41) is 12.6. The van der Waals surface area contributed by atoms with Gasteiger partial charge in [-0.15, -0.1) is 0 Å².